The monoisotopic (exact) mass is 377 g/mol. The van der Waals surface area contributed by atoms with Gasteiger partial charge in [0.15, 0.2) is 0 Å². The Balaban J connectivity index is 1.56. The molecule has 0 aliphatic rings. The Kier molecular flexibility index (Phi) is 4.67. The molecule has 6 nitrogen and oxygen atoms in total. The number of hydrogen-bond donors (Lipinski definition) is 1. The van der Waals surface area contributed by atoms with Crippen molar-refractivity contribution in [1.82, 2.24) is 9.97 Å². The number of pyridine rings is 1. The lowest BCUT2D eigenvalue weighted by Crippen LogP contribution is -2.17. The van der Waals surface area contributed by atoms with Gasteiger partial charge in [-0.05, 0) is 42.5 Å². The van der Waals surface area contributed by atoms with Gasteiger partial charge >= 0.3 is 6.09 Å². The lowest BCUT2D eigenvalue weighted by Gasteiger charge is -2.10. The van der Waals surface area contributed by atoms with Crippen LogP contribution < -0.4 is 14.8 Å². The van der Waals surface area contributed by atoms with E-state index in [1.807, 2.05) is 30.3 Å². The highest BCUT2D eigenvalue weighted by Crippen LogP contribution is 2.34. The molecule has 0 saturated heterocycles. The van der Waals surface area contributed by atoms with Crippen LogP contribution in [0.3, 0.4) is 0 Å². The van der Waals surface area contributed by atoms with E-state index >= 15 is 0 Å². The van der Waals surface area contributed by atoms with Gasteiger partial charge in [-0.25, -0.2) is 9.78 Å². The van der Waals surface area contributed by atoms with Crippen molar-refractivity contribution in [3.8, 4) is 22.1 Å². The molecule has 7 heteroatoms. The third-order valence-electron chi connectivity index (χ3n) is 3.86. The number of carbonyl (C=O) groups excluding carboxylic acids is 1. The highest BCUT2D eigenvalue weighted by atomic mass is 32.1. The molecule has 1 N–H and O–H groups in total. The van der Waals surface area contributed by atoms with Crippen LogP contribution in [0.25, 0.3) is 20.8 Å². The quantitative estimate of drug-likeness (QED) is 0.543. The highest BCUT2D eigenvalue weighted by Gasteiger charge is 2.13. The first-order chi connectivity index (χ1) is 13.2. The van der Waals surface area contributed by atoms with Gasteiger partial charge in [0, 0.05) is 18.0 Å². The Bertz CT molecular complexity index is 1060. The summed E-state index contributed by atoms with van der Waals surface area (Å²) in [6.07, 6.45) is 2.92. The summed E-state index contributed by atoms with van der Waals surface area (Å²) in [5, 5.41) is 3.59. The van der Waals surface area contributed by atoms with E-state index in [2.05, 4.69) is 15.3 Å². The molecule has 2 aromatic carbocycles. The zero-order chi connectivity index (χ0) is 18.6. The third kappa shape index (κ3) is 3.73. The second-order valence-electron chi connectivity index (χ2n) is 5.60. The number of fused-ring (bicyclic) bond motifs is 1. The molecule has 0 atom stereocenters. The Labute approximate surface area is 159 Å². The fourth-order valence-electron chi connectivity index (χ4n) is 2.56. The molecule has 2 heterocycles. The summed E-state index contributed by atoms with van der Waals surface area (Å²) in [4.78, 5) is 21.0. The van der Waals surface area contributed by atoms with Gasteiger partial charge in [-0.15, -0.1) is 11.3 Å². The van der Waals surface area contributed by atoms with Crippen molar-refractivity contribution in [2.24, 2.45) is 0 Å². The normalized spacial score (nSPS) is 10.6. The van der Waals surface area contributed by atoms with Crippen LogP contribution in [0.1, 0.15) is 0 Å². The van der Waals surface area contributed by atoms with E-state index < -0.39 is 6.09 Å². The fourth-order valence-corrected chi connectivity index (χ4v) is 3.53. The van der Waals surface area contributed by atoms with Crippen molar-refractivity contribution in [3.63, 3.8) is 0 Å². The minimum absolute atomic E-state index is 0.428. The molecule has 1 amide bonds. The number of methoxy groups -OCH3 is 1. The number of aromatic nitrogens is 2. The van der Waals surface area contributed by atoms with Gasteiger partial charge in [0.2, 0.25) is 0 Å². The smallest absolute Gasteiger partial charge is 0.417 e. The summed E-state index contributed by atoms with van der Waals surface area (Å²) < 4.78 is 11.4. The summed E-state index contributed by atoms with van der Waals surface area (Å²) in [6, 6.07) is 16.1. The molecule has 134 valence electrons. The topological polar surface area (TPSA) is 73.3 Å². The van der Waals surface area contributed by atoms with Gasteiger partial charge in [0.05, 0.1) is 23.0 Å². The highest BCUT2D eigenvalue weighted by molar-refractivity contribution is 7.21. The summed E-state index contributed by atoms with van der Waals surface area (Å²) >= 11 is 1.52. The van der Waals surface area contributed by atoms with Crippen LogP contribution in [0.2, 0.25) is 0 Å². The van der Waals surface area contributed by atoms with Gasteiger partial charge in [0.1, 0.15) is 16.5 Å². The molecular weight excluding hydrogens is 362 g/mol. The van der Waals surface area contributed by atoms with Crippen LogP contribution in [0, 0.1) is 0 Å². The Hall–Kier alpha value is -3.45. The summed E-state index contributed by atoms with van der Waals surface area (Å²) in [5.41, 5.74) is 2.33. The summed E-state index contributed by atoms with van der Waals surface area (Å²) in [5.74, 6) is 1.12. The van der Waals surface area contributed by atoms with E-state index in [1.165, 1.54) is 11.3 Å². The van der Waals surface area contributed by atoms with Crippen LogP contribution in [0.4, 0.5) is 10.5 Å². The number of ether oxygens (including phenoxy) is 2. The molecule has 0 aliphatic heterocycles. The maximum atomic E-state index is 12.3. The van der Waals surface area contributed by atoms with Gasteiger partial charge in [-0.3, -0.25) is 10.3 Å². The van der Waals surface area contributed by atoms with Gasteiger partial charge in [0.25, 0.3) is 0 Å². The van der Waals surface area contributed by atoms with Crippen LogP contribution in [0.15, 0.2) is 67.0 Å². The number of para-hydroxylation sites is 1. The minimum atomic E-state index is -0.574. The van der Waals surface area contributed by atoms with E-state index in [9.17, 15) is 4.79 Å². The SMILES string of the molecule is COc1ccc(OC(=O)Nc2ccccc2-c2nc3ccncc3s2)cc1. The van der Waals surface area contributed by atoms with Crippen LogP contribution >= 0.6 is 11.3 Å². The van der Waals surface area contributed by atoms with E-state index in [4.69, 9.17) is 9.47 Å². The van der Waals surface area contributed by atoms with Crippen molar-refractivity contribution in [1.29, 1.82) is 0 Å². The Morgan fingerprint density at radius 1 is 1.04 bits per heavy atom. The van der Waals surface area contributed by atoms with E-state index in [-0.39, 0.29) is 0 Å². The number of rotatable bonds is 4. The zero-order valence-corrected chi connectivity index (χ0v) is 15.2. The fraction of sp³-hybridized carbons (Fsp3) is 0.0500. The number of carbonyl (C=O) groups is 1. The number of anilines is 1. The number of thiazole rings is 1. The van der Waals surface area contributed by atoms with E-state index in [0.29, 0.717) is 17.2 Å². The average Bonchev–Trinajstić information content (AvgIpc) is 3.13. The summed E-state index contributed by atoms with van der Waals surface area (Å²) in [7, 11) is 1.58. The van der Waals surface area contributed by atoms with Crippen molar-refractivity contribution in [3.05, 3.63) is 67.0 Å². The molecule has 0 aliphatic carbocycles. The number of nitrogens with zero attached hydrogens (tertiary/aromatic N) is 2. The molecule has 0 spiro atoms. The molecular formula is C20H15N3O3S. The molecule has 4 aromatic rings. The predicted molar refractivity (Wildman–Crippen MR) is 105 cm³/mol. The Morgan fingerprint density at radius 2 is 1.81 bits per heavy atom. The van der Waals surface area contributed by atoms with Gasteiger partial charge < -0.3 is 9.47 Å². The number of hydrogen-bond acceptors (Lipinski definition) is 6. The van der Waals surface area contributed by atoms with E-state index in [0.717, 1.165) is 20.8 Å². The molecule has 0 fully saturated rings. The van der Waals surface area contributed by atoms with Gasteiger partial charge in [-0.1, -0.05) is 12.1 Å². The van der Waals surface area contributed by atoms with Crippen LogP contribution in [0.5, 0.6) is 11.5 Å². The number of benzene rings is 2. The molecule has 0 unspecified atom stereocenters. The first kappa shape index (κ1) is 17.0. The van der Waals surface area contributed by atoms with Crippen LogP contribution in [-0.2, 0) is 0 Å². The average molecular weight is 377 g/mol. The van der Waals surface area contributed by atoms with Crippen molar-refractivity contribution in [2.75, 3.05) is 12.4 Å². The second kappa shape index (κ2) is 7.43. The van der Waals surface area contributed by atoms with Crippen LogP contribution in [-0.4, -0.2) is 23.2 Å². The Morgan fingerprint density at radius 3 is 2.59 bits per heavy atom. The first-order valence-corrected chi connectivity index (χ1v) is 8.97. The second-order valence-corrected chi connectivity index (χ2v) is 6.63. The lowest BCUT2D eigenvalue weighted by atomic mass is 10.2. The minimum Gasteiger partial charge on any atom is -0.497 e. The third-order valence-corrected chi connectivity index (χ3v) is 4.89. The largest absolute Gasteiger partial charge is 0.497 e. The van der Waals surface area contributed by atoms with Crippen molar-refractivity contribution < 1.29 is 14.3 Å². The zero-order valence-electron chi connectivity index (χ0n) is 14.4. The number of amides is 1. The van der Waals surface area contributed by atoms with E-state index in [1.54, 1.807) is 43.8 Å². The number of nitrogens with one attached hydrogen (secondary N) is 1. The molecule has 0 radical (unpaired) electrons. The van der Waals surface area contributed by atoms with Crippen molar-refractivity contribution in [2.45, 2.75) is 0 Å². The molecule has 2 aromatic heterocycles. The maximum absolute atomic E-state index is 12.3. The standard InChI is InChI=1S/C20H15N3O3S/c1-25-13-6-8-14(9-7-13)26-20(24)23-16-5-3-2-4-15(16)19-22-17-10-11-21-12-18(17)27-19/h2-12H,1H3,(H,23,24). The lowest BCUT2D eigenvalue weighted by molar-refractivity contribution is 0.215. The summed E-state index contributed by atoms with van der Waals surface area (Å²) in [6.45, 7) is 0. The molecule has 0 bridgehead atoms. The van der Waals surface area contributed by atoms with Crippen molar-refractivity contribution >= 4 is 33.3 Å². The predicted octanol–water partition coefficient (Wildman–Crippen LogP) is 4.98. The maximum Gasteiger partial charge on any atom is 0.417 e. The molecule has 4 rings (SSSR count). The molecule has 27 heavy (non-hydrogen) atoms. The van der Waals surface area contributed by atoms with Gasteiger partial charge in [-0.2, -0.15) is 0 Å². The first-order valence-electron chi connectivity index (χ1n) is 8.16. The molecule has 0 saturated carbocycles.